The zero-order valence-corrected chi connectivity index (χ0v) is 11.9. The van der Waals surface area contributed by atoms with E-state index in [9.17, 15) is 4.39 Å². The second-order valence-corrected chi connectivity index (χ2v) is 5.83. The van der Waals surface area contributed by atoms with Crippen molar-refractivity contribution in [1.82, 2.24) is 10.2 Å². The summed E-state index contributed by atoms with van der Waals surface area (Å²) in [6, 6.07) is 7.64. The van der Waals surface area contributed by atoms with E-state index in [1.807, 2.05) is 12.1 Å². The molecule has 3 nitrogen and oxygen atoms in total. The lowest BCUT2D eigenvalue weighted by Gasteiger charge is -2.37. The average molecular weight is 278 g/mol. The standard InChI is InChI=1S/C16H23FN2O/c17-15-3-1-2-13(10-15)14-11-16(12-14)18-4-5-19-6-8-20-9-7-19/h1-3,10,14,16,18H,4-9,11-12H2. The number of hydrogen-bond acceptors (Lipinski definition) is 3. The Kier molecular flexibility index (Phi) is 4.65. The van der Waals surface area contributed by atoms with Crippen molar-refractivity contribution >= 4 is 0 Å². The molecule has 1 aromatic rings. The van der Waals surface area contributed by atoms with Crippen LogP contribution in [0, 0.1) is 5.82 Å². The Hall–Kier alpha value is -0.970. The Labute approximate surface area is 120 Å². The number of morpholine rings is 1. The normalized spacial score (nSPS) is 27.2. The number of nitrogens with one attached hydrogen (secondary N) is 1. The highest BCUT2D eigenvalue weighted by molar-refractivity contribution is 5.23. The smallest absolute Gasteiger partial charge is 0.123 e. The van der Waals surface area contributed by atoms with Gasteiger partial charge >= 0.3 is 0 Å². The van der Waals surface area contributed by atoms with Gasteiger partial charge in [-0.3, -0.25) is 4.90 Å². The van der Waals surface area contributed by atoms with E-state index in [0.717, 1.165) is 57.8 Å². The van der Waals surface area contributed by atoms with Gasteiger partial charge in [-0.15, -0.1) is 0 Å². The third kappa shape index (κ3) is 3.57. The molecule has 1 aromatic carbocycles. The van der Waals surface area contributed by atoms with Crippen LogP contribution < -0.4 is 5.32 Å². The van der Waals surface area contributed by atoms with E-state index in [-0.39, 0.29) is 5.82 Å². The number of benzene rings is 1. The van der Waals surface area contributed by atoms with Gasteiger partial charge in [-0.05, 0) is 36.5 Å². The Morgan fingerprint density at radius 2 is 2.05 bits per heavy atom. The summed E-state index contributed by atoms with van der Waals surface area (Å²) in [6.45, 7) is 5.98. The molecule has 1 heterocycles. The van der Waals surface area contributed by atoms with Crippen LogP contribution in [0.3, 0.4) is 0 Å². The molecule has 0 atom stereocenters. The maximum absolute atomic E-state index is 13.2. The molecule has 0 unspecified atom stereocenters. The van der Waals surface area contributed by atoms with Gasteiger partial charge in [0, 0.05) is 32.2 Å². The highest BCUT2D eigenvalue weighted by Crippen LogP contribution is 2.36. The molecule has 2 fully saturated rings. The van der Waals surface area contributed by atoms with Crippen molar-refractivity contribution in [3.8, 4) is 0 Å². The van der Waals surface area contributed by atoms with E-state index in [4.69, 9.17) is 4.74 Å². The van der Waals surface area contributed by atoms with E-state index < -0.39 is 0 Å². The number of ether oxygens (including phenoxy) is 1. The number of nitrogens with zero attached hydrogens (tertiary/aromatic N) is 1. The van der Waals surface area contributed by atoms with E-state index in [1.54, 1.807) is 6.07 Å². The van der Waals surface area contributed by atoms with Crippen LogP contribution in [-0.4, -0.2) is 50.3 Å². The van der Waals surface area contributed by atoms with Crippen molar-refractivity contribution in [2.45, 2.75) is 24.8 Å². The van der Waals surface area contributed by atoms with Crippen molar-refractivity contribution in [2.24, 2.45) is 0 Å². The van der Waals surface area contributed by atoms with Crippen LogP contribution in [-0.2, 0) is 4.74 Å². The third-order valence-electron chi connectivity index (χ3n) is 4.42. The van der Waals surface area contributed by atoms with E-state index in [2.05, 4.69) is 10.2 Å². The van der Waals surface area contributed by atoms with Crippen LogP contribution in [0.1, 0.15) is 24.3 Å². The third-order valence-corrected chi connectivity index (χ3v) is 4.42. The lowest BCUT2D eigenvalue weighted by Crippen LogP contribution is -2.45. The number of hydrogen-bond donors (Lipinski definition) is 1. The molecule has 20 heavy (non-hydrogen) atoms. The van der Waals surface area contributed by atoms with Gasteiger partial charge in [0.15, 0.2) is 0 Å². The highest BCUT2D eigenvalue weighted by Gasteiger charge is 2.29. The molecule has 0 amide bonds. The summed E-state index contributed by atoms with van der Waals surface area (Å²) >= 11 is 0. The molecule has 110 valence electrons. The predicted octanol–water partition coefficient (Wildman–Crippen LogP) is 1.99. The van der Waals surface area contributed by atoms with Gasteiger partial charge in [0.2, 0.25) is 0 Å². The van der Waals surface area contributed by atoms with Gasteiger partial charge in [-0.2, -0.15) is 0 Å². The fraction of sp³-hybridized carbons (Fsp3) is 0.625. The molecule has 1 saturated carbocycles. The van der Waals surface area contributed by atoms with Crippen LogP contribution in [0.2, 0.25) is 0 Å². The molecule has 0 radical (unpaired) electrons. The summed E-state index contributed by atoms with van der Waals surface area (Å²) in [5, 5.41) is 3.60. The van der Waals surface area contributed by atoms with E-state index in [0.29, 0.717) is 12.0 Å². The molecule has 2 aliphatic rings. The van der Waals surface area contributed by atoms with Crippen LogP contribution >= 0.6 is 0 Å². The first-order chi connectivity index (χ1) is 9.81. The minimum atomic E-state index is -0.119. The first kappa shape index (κ1) is 14.0. The summed E-state index contributed by atoms with van der Waals surface area (Å²) in [4.78, 5) is 2.44. The molecule has 1 saturated heterocycles. The Morgan fingerprint density at radius 3 is 2.80 bits per heavy atom. The van der Waals surface area contributed by atoms with Crippen molar-refractivity contribution in [3.63, 3.8) is 0 Å². The zero-order valence-electron chi connectivity index (χ0n) is 11.9. The van der Waals surface area contributed by atoms with Crippen molar-refractivity contribution in [3.05, 3.63) is 35.6 Å². The van der Waals surface area contributed by atoms with Gasteiger partial charge in [0.1, 0.15) is 5.82 Å². The van der Waals surface area contributed by atoms with E-state index >= 15 is 0 Å². The predicted molar refractivity (Wildman–Crippen MR) is 77.4 cm³/mol. The first-order valence-corrected chi connectivity index (χ1v) is 7.60. The van der Waals surface area contributed by atoms with Crippen LogP contribution in [0.15, 0.2) is 24.3 Å². The molecular weight excluding hydrogens is 255 g/mol. The molecule has 1 aliphatic carbocycles. The van der Waals surface area contributed by atoms with Gasteiger partial charge in [0.05, 0.1) is 13.2 Å². The van der Waals surface area contributed by atoms with Crippen LogP contribution in [0.5, 0.6) is 0 Å². The summed E-state index contributed by atoms with van der Waals surface area (Å²) < 4.78 is 18.5. The molecule has 0 aromatic heterocycles. The summed E-state index contributed by atoms with van der Waals surface area (Å²) in [5.41, 5.74) is 1.15. The van der Waals surface area contributed by atoms with Crippen LogP contribution in [0.25, 0.3) is 0 Å². The fourth-order valence-electron chi connectivity index (χ4n) is 3.07. The van der Waals surface area contributed by atoms with Crippen molar-refractivity contribution in [2.75, 3.05) is 39.4 Å². The minimum absolute atomic E-state index is 0.119. The SMILES string of the molecule is Fc1cccc(C2CC(NCCN3CCOCC3)C2)c1. The summed E-state index contributed by atoms with van der Waals surface area (Å²) in [7, 11) is 0. The maximum Gasteiger partial charge on any atom is 0.123 e. The summed E-state index contributed by atoms with van der Waals surface area (Å²) in [5.74, 6) is 0.415. The van der Waals surface area contributed by atoms with Crippen molar-refractivity contribution < 1.29 is 9.13 Å². The second-order valence-electron chi connectivity index (χ2n) is 5.83. The number of rotatable bonds is 5. The fourth-order valence-corrected chi connectivity index (χ4v) is 3.07. The van der Waals surface area contributed by atoms with Gasteiger partial charge in [0.25, 0.3) is 0 Å². The lowest BCUT2D eigenvalue weighted by molar-refractivity contribution is 0.0376. The highest BCUT2D eigenvalue weighted by atomic mass is 19.1. The Morgan fingerprint density at radius 1 is 1.25 bits per heavy atom. The Balaban J connectivity index is 1.34. The molecule has 1 aliphatic heterocycles. The average Bonchev–Trinajstić information content (AvgIpc) is 2.42. The Bertz CT molecular complexity index is 428. The first-order valence-electron chi connectivity index (χ1n) is 7.60. The molecule has 3 rings (SSSR count). The van der Waals surface area contributed by atoms with Gasteiger partial charge in [-0.25, -0.2) is 4.39 Å². The topological polar surface area (TPSA) is 24.5 Å². The van der Waals surface area contributed by atoms with Gasteiger partial charge in [-0.1, -0.05) is 12.1 Å². The monoisotopic (exact) mass is 278 g/mol. The minimum Gasteiger partial charge on any atom is -0.379 e. The van der Waals surface area contributed by atoms with Crippen LogP contribution in [0.4, 0.5) is 4.39 Å². The largest absolute Gasteiger partial charge is 0.379 e. The molecule has 0 spiro atoms. The molecule has 4 heteroatoms. The van der Waals surface area contributed by atoms with E-state index in [1.165, 1.54) is 6.07 Å². The molecule has 1 N–H and O–H groups in total. The second kappa shape index (κ2) is 6.66. The van der Waals surface area contributed by atoms with Gasteiger partial charge < -0.3 is 10.1 Å². The quantitative estimate of drug-likeness (QED) is 0.891. The number of halogens is 1. The molecular formula is C16H23FN2O. The lowest BCUT2D eigenvalue weighted by atomic mass is 9.76. The van der Waals surface area contributed by atoms with Crippen molar-refractivity contribution in [1.29, 1.82) is 0 Å². The maximum atomic E-state index is 13.2. The molecule has 0 bridgehead atoms. The summed E-state index contributed by atoms with van der Waals surface area (Å²) in [6.07, 6.45) is 2.26. The zero-order chi connectivity index (χ0) is 13.8.